The number of rotatable bonds is 4. The molecule has 0 spiro atoms. The van der Waals surface area contributed by atoms with Crippen molar-refractivity contribution in [3.05, 3.63) is 17.0 Å². The van der Waals surface area contributed by atoms with Gasteiger partial charge < -0.3 is 10.1 Å². The summed E-state index contributed by atoms with van der Waals surface area (Å²) >= 11 is 1.33. The molecule has 0 aromatic carbocycles. The molecule has 0 aliphatic carbocycles. The number of hydrogen-bond donors (Lipinski definition) is 1. The first-order valence-electron chi connectivity index (χ1n) is 5.31. The van der Waals surface area contributed by atoms with E-state index in [4.69, 9.17) is 10.00 Å². The average molecular weight is 261 g/mol. The van der Waals surface area contributed by atoms with E-state index in [1.54, 1.807) is 6.07 Å². The lowest BCUT2D eigenvalue weighted by molar-refractivity contribution is 0.379. The zero-order valence-electron chi connectivity index (χ0n) is 9.97. The van der Waals surface area contributed by atoms with Crippen LogP contribution in [0.2, 0.25) is 0 Å². The Morgan fingerprint density at radius 2 is 2.22 bits per heavy atom. The molecule has 0 aliphatic rings. The highest BCUT2D eigenvalue weighted by Gasteiger charge is 2.10. The number of methoxy groups -OCH3 is 1. The maximum absolute atomic E-state index is 8.81. The predicted octanol–water partition coefficient (Wildman–Crippen LogP) is 1.91. The van der Waals surface area contributed by atoms with Crippen molar-refractivity contribution >= 4 is 17.3 Å². The van der Waals surface area contributed by atoms with Gasteiger partial charge in [0, 0.05) is 6.54 Å². The van der Waals surface area contributed by atoms with Crippen molar-refractivity contribution in [1.82, 2.24) is 15.0 Å². The molecule has 7 heteroatoms. The second kappa shape index (κ2) is 5.42. The van der Waals surface area contributed by atoms with Gasteiger partial charge in [-0.25, -0.2) is 0 Å². The van der Waals surface area contributed by atoms with Gasteiger partial charge >= 0.3 is 6.01 Å². The van der Waals surface area contributed by atoms with E-state index in [-0.39, 0.29) is 6.01 Å². The van der Waals surface area contributed by atoms with Gasteiger partial charge in [-0.3, -0.25) is 0 Å². The lowest BCUT2D eigenvalue weighted by atomic mass is 10.4. The maximum atomic E-state index is 8.81. The summed E-state index contributed by atoms with van der Waals surface area (Å²) in [4.78, 5) is 14.0. The second-order valence-electron chi connectivity index (χ2n) is 3.28. The number of anilines is 1. The van der Waals surface area contributed by atoms with Crippen molar-refractivity contribution < 1.29 is 4.74 Å². The van der Waals surface area contributed by atoms with E-state index in [0.717, 1.165) is 4.88 Å². The molecule has 92 valence electrons. The summed E-state index contributed by atoms with van der Waals surface area (Å²) in [5, 5.41) is 11.8. The van der Waals surface area contributed by atoms with Gasteiger partial charge in [-0.15, -0.1) is 11.3 Å². The molecule has 0 radical (unpaired) electrons. The Morgan fingerprint density at radius 3 is 2.83 bits per heavy atom. The fraction of sp³-hybridized carbons (Fsp3) is 0.273. The molecule has 0 saturated heterocycles. The minimum absolute atomic E-state index is 0.253. The van der Waals surface area contributed by atoms with Crippen molar-refractivity contribution in [2.24, 2.45) is 0 Å². The fourth-order valence-electron chi connectivity index (χ4n) is 1.31. The van der Waals surface area contributed by atoms with Crippen LogP contribution in [0.5, 0.6) is 6.01 Å². The van der Waals surface area contributed by atoms with E-state index >= 15 is 0 Å². The molecule has 18 heavy (non-hydrogen) atoms. The van der Waals surface area contributed by atoms with Crippen LogP contribution < -0.4 is 10.1 Å². The number of aromatic nitrogens is 3. The number of nitrogens with one attached hydrogen (secondary N) is 1. The topological polar surface area (TPSA) is 83.7 Å². The van der Waals surface area contributed by atoms with Crippen LogP contribution in [0.25, 0.3) is 10.7 Å². The number of thiophene rings is 1. The third-order valence-corrected chi connectivity index (χ3v) is 3.05. The SMILES string of the molecule is CCNc1nc(OC)nc(-c2ccc(C#N)s2)n1. The monoisotopic (exact) mass is 261 g/mol. The minimum Gasteiger partial charge on any atom is -0.467 e. The summed E-state index contributed by atoms with van der Waals surface area (Å²) in [6, 6.07) is 5.89. The Kier molecular flexibility index (Phi) is 3.69. The minimum atomic E-state index is 0.253. The zero-order valence-corrected chi connectivity index (χ0v) is 10.8. The van der Waals surface area contributed by atoms with E-state index in [0.29, 0.717) is 23.2 Å². The first-order valence-corrected chi connectivity index (χ1v) is 6.12. The summed E-state index contributed by atoms with van der Waals surface area (Å²) < 4.78 is 5.03. The van der Waals surface area contributed by atoms with Crippen molar-refractivity contribution in [3.63, 3.8) is 0 Å². The zero-order chi connectivity index (χ0) is 13.0. The lowest BCUT2D eigenvalue weighted by Crippen LogP contribution is -2.05. The summed E-state index contributed by atoms with van der Waals surface area (Å²) in [6.45, 7) is 2.66. The van der Waals surface area contributed by atoms with E-state index in [9.17, 15) is 0 Å². The van der Waals surface area contributed by atoms with Crippen LogP contribution in [-0.4, -0.2) is 28.6 Å². The summed E-state index contributed by atoms with van der Waals surface area (Å²) in [7, 11) is 1.50. The van der Waals surface area contributed by atoms with Crippen LogP contribution in [0, 0.1) is 11.3 Å². The van der Waals surface area contributed by atoms with Crippen LogP contribution in [0.4, 0.5) is 5.95 Å². The normalized spacial score (nSPS) is 9.83. The largest absolute Gasteiger partial charge is 0.467 e. The molecule has 2 aromatic heterocycles. The Balaban J connectivity index is 2.43. The summed E-state index contributed by atoms with van der Waals surface area (Å²) in [5.41, 5.74) is 0. The molecule has 0 aliphatic heterocycles. The smallest absolute Gasteiger partial charge is 0.321 e. The third-order valence-electron chi connectivity index (χ3n) is 2.07. The molecule has 0 fully saturated rings. The van der Waals surface area contributed by atoms with Crippen molar-refractivity contribution in [2.45, 2.75) is 6.92 Å². The van der Waals surface area contributed by atoms with Crippen molar-refractivity contribution in [2.75, 3.05) is 19.0 Å². The van der Waals surface area contributed by atoms with Crippen molar-refractivity contribution in [3.8, 4) is 22.8 Å². The molecule has 6 nitrogen and oxygen atoms in total. The molecule has 0 unspecified atom stereocenters. The first kappa shape index (κ1) is 12.3. The third kappa shape index (κ3) is 2.55. The van der Waals surface area contributed by atoms with Crippen LogP contribution in [-0.2, 0) is 0 Å². The van der Waals surface area contributed by atoms with E-state index in [1.165, 1.54) is 18.4 Å². The van der Waals surface area contributed by atoms with Gasteiger partial charge in [-0.05, 0) is 19.1 Å². The summed E-state index contributed by atoms with van der Waals surface area (Å²) in [6.07, 6.45) is 0. The number of ether oxygens (including phenoxy) is 1. The quantitative estimate of drug-likeness (QED) is 0.905. The highest BCUT2D eigenvalue weighted by molar-refractivity contribution is 7.15. The van der Waals surface area contributed by atoms with Crippen LogP contribution in [0.3, 0.4) is 0 Å². The molecule has 0 amide bonds. The fourth-order valence-corrected chi connectivity index (χ4v) is 2.05. The Morgan fingerprint density at radius 1 is 1.39 bits per heavy atom. The Hall–Kier alpha value is -2.20. The molecule has 1 N–H and O–H groups in total. The van der Waals surface area contributed by atoms with Crippen LogP contribution in [0.1, 0.15) is 11.8 Å². The van der Waals surface area contributed by atoms with E-state index in [2.05, 4.69) is 26.3 Å². The Bertz CT molecular complexity index is 589. The van der Waals surface area contributed by atoms with Gasteiger partial charge in [-0.1, -0.05) is 0 Å². The molecular formula is C11H11N5OS. The second-order valence-corrected chi connectivity index (χ2v) is 4.36. The van der Waals surface area contributed by atoms with Crippen LogP contribution in [0.15, 0.2) is 12.1 Å². The molecule has 2 heterocycles. The lowest BCUT2D eigenvalue weighted by Gasteiger charge is -2.05. The molecule has 0 atom stereocenters. The van der Waals surface area contributed by atoms with Gasteiger partial charge in [0.15, 0.2) is 5.82 Å². The highest BCUT2D eigenvalue weighted by atomic mass is 32.1. The Labute approximate surface area is 108 Å². The molecule has 2 rings (SSSR count). The number of nitrogens with zero attached hydrogens (tertiary/aromatic N) is 4. The highest BCUT2D eigenvalue weighted by Crippen LogP contribution is 2.26. The predicted molar refractivity (Wildman–Crippen MR) is 68.6 cm³/mol. The van der Waals surface area contributed by atoms with Gasteiger partial charge in [0.25, 0.3) is 0 Å². The average Bonchev–Trinajstić information content (AvgIpc) is 2.87. The van der Waals surface area contributed by atoms with Gasteiger partial charge in [-0.2, -0.15) is 20.2 Å². The molecule has 2 aromatic rings. The van der Waals surface area contributed by atoms with Gasteiger partial charge in [0.2, 0.25) is 5.95 Å². The maximum Gasteiger partial charge on any atom is 0.321 e. The van der Waals surface area contributed by atoms with E-state index in [1.807, 2.05) is 13.0 Å². The molecule has 0 saturated carbocycles. The van der Waals surface area contributed by atoms with Crippen molar-refractivity contribution in [1.29, 1.82) is 5.26 Å². The number of nitriles is 1. The standard InChI is InChI=1S/C11H11N5OS/c1-3-13-10-14-9(15-11(16-10)17-2)8-5-4-7(6-12)18-8/h4-5H,3H2,1-2H3,(H,13,14,15,16). The van der Waals surface area contributed by atoms with Gasteiger partial charge in [0.1, 0.15) is 10.9 Å². The molecule has 0 bridgehead atoms. The van der Waals surface area contributed by atoms with Gasteiger partial charge in [0.05, 0.1) is 12.0 Å². The van der Waals surface area contributed by atoms with Crippen LogP contribution >= 0.6 is 11.3 Å². The summed E-state index contributed by atoms with van der Waals surface area (Å²) in [5.74, 6) is 0.968. The van der Waals surface area contributed by atoms with E-state index < -0.39 is 0 Å². The number of hydrogen-bond acceptors (Lipinski definition) is 7. The molecular weight excluding hydrogens is 250 g/mol. The first-order chi connectivity index (χ1) is 8.76.